The van der Waals surface area contributed by atoms with Gasteiger partial charge in [0.25, 0.3) is 0 Å². The number of nitrogens with zero attached hydrogens (tertiary/aromatic N) is 2. The molecular weight excluding hydrogens is 663 g/mol. The maximum absolute atomic E-state index is 12.7. The minimum absolute atomic E-state index is 0.00543. The number of aromatic nitrogens is 2. The molecule has 2 amide bonds. The Morgan fingerprint density at radius 2 is 1.65 bits per heavy atom. The lowest BCUT2D eigenvalue weighted by Crippen LogP contribution is -2.31. The number of nitrogens with one attached hydrogen (secondary N) is 2. The summed E-state index contributed by atoms with van der Waals surface area (Å²) in [6.07, 6.45) is 4.49. The Bertz CT molecular complexity index is 1910. The van der Waals surface area contributed by atoms with Crippen molar-refractivity contribution in [3.63, 3.8) is 0 Å². The van der Waals surface area contributed by atoms with E-state index in [4.69, 9.17) is 15.2 Å². The number of carbonyl (C=O) groups is 2. The molecule has 0 aliphatic carbocycles. The first-order valence-electron chi connectivity index (χ1n) is 17.1. The summed E-state index contributed by atoms with van der Waals surface area (Å²) in [5.41, 5.74) is 12.8. The summed E-state index contributed by atoms with van der Waals surface area (Å²) in [7, 11) is 1.98. The molecule has 0 bridgehead atoms. The number of benzene rings is 4. The normalized spacial score (nSPS) is 17.2. The van der Waals surface area contributed by atoms with Crippen molar-refractivity contribution < 1.29 is 24.2 Å². The lowest BCUT2D eigenvalue weighted by Gasteiger charge is -2.36. The van der Waals surface area contributed by atoms with E-state index in [0.29, 0.717) is 30.8 Å². The Morgan fingerprint density at radius 3 is 2.39 bits per heavy atom. The Labute approximate surface area is 302 Å². The van der Waals surface area contributed by atoms with Crippen molar-refractivity contribution in [1.82, 2.24) is 14.9 Å². The van der Waals surface area contributed by atoms with Gasteiger partial charge in [0.1, 0.15) is 0 Å². The number of aryl methyl sites for hydroxylation is 1. The Balaban J connectivity index is 1.07. The van der Waals surface area contributed by atoms with Crippen LogP contribution in [-0.2, 0) is 39.3 Å². The number of aliphatic hydroxyl groups excluding tert-OH is 1. The number of nitrogen functional groups attached to an aromatic ring is 1. The number of nitrogens with two attached hydrogens (primary N) is 1. The van der Waals surface area contributed by atoms with Crippen molar-refractivity contribution in [2.45, 2.75) is 62.5 Å². The predicted molar refractivity (Wildman–Crippen MR) is 199 cm³/mol. The molecule has 1 aromatic heterocycles. The molecule has 2 heterocycles. The van der Waals surface area contributed by atoms with E-state index in [1.165, 1.54) is 0 Å². The summed E-state index contributed by atoms with van der Waals surface area (Å²) in [6.45, 7) is 0.360. The van der Waals surface area contributed by atoms with E-state index in [1.54, 1.807) is 30.1 Å². The zero-order chi connectivity index (χ0) is 35.6. The molecule has 51 heavy (non-hydrogen) atoms. The smallest absolute Gasteiger partial charge is 0.224 e. The summed E-state index contributed by atoms with van der Waals surface area (Å²) in [5, 5.41) is 16.3. The van der Waals surface area contributed by atoms with Gasteiger partial charge in [0.2, 0.25) is 11.8 Å². The molecule has 3 atom stereocenters. The second-order valence-corrected chi connectivity index (χ2v) is 13.5. The van der Waals surface area contributed by atoms with Gasteiger partial charge in [-0.2, -0.15) is 0 Å². The summed E-state index contributed by atoms with van der Waals surface area (Å²) in [6, 6.07) is 31.1. The number of ether oxygens (including phenoxy) is 2. The van der Waals surface area contributed by atoms with Gasteiger partial charge in [-0.25, -0.2) is 4.98 Å². The number of hydrogen-bond acceptors (Lipinski definition) is 8. The third kappa shape index (κ3) is 9.65. The number of hydrogen-bond donors (Lipinski definition) is 4. The first kappa shape index (κ1) is 35.9. The van der Waals surface area contributed by atoms with Crippen LogP contribution in [0.3, 0.4) is 0 Å². The molecule has 3 unspecified atom stereocenters. The maximum Gasteiger partial charge on any atom is 0.224 e. The van der Waals surface area contributed by atoms with Crippen LogP contribution in [0.2, 0.25) is 0 Å². The molecule has 5 N–H and O–H groups in total. The molecule has 1 aliphatic rings. The van der Waals surface area contributed by atoms with Gasteiger partial charge in [-0.15, -0.1) is 0 Å². The van der Waals surface area contributed by atoms with E-state index in [9.17, 15) is 14.7 Å². The van der Waals surface area contributed by atoms with Crippen molar-refractivity contribution in [2.75, 3.05) is 16.8 Å². The molecule has 0 spiro atoms. The molecule has 1 saturated heterocycles. The van der Waals surface area contributed by atoms with Gasteiger partial charge in [-0.05, 0) is 46.4 Å². The van der Waals surface area contributed by atoms with E-state index >= 15 is 0 Å². The van der Waals surface area contributed by atoms with Crippen LogP contribution in [0, 0.1) is 0 Å². The topological polar surface area (TPSA) is 141 Å². The number of rotatable bonds is 14. The highest BCUT2D eigenvalue weighted by atomic mass is 32.2. The molecule has 11 heteroatoms. The minimum atomic E-state index is -0.566. The van der Waals surface area contributed by atoms with Gasteiger partial charge < -0.3 is 35.5 Å². The lowest BCUT2D eigenvalue weighted by molar-refractivity contribution is -0.245. The van der Waals surface area contributed by atoms with Crippen LogP contribution < -0.4 is 16.4 Å². The molecule has 1 fully saturated rings. The van der Waals surface area contributed by atoms with E-state index in [-0.39, 0.29) is 43.5 Å². The third-order valence-electron chi connectivity index (χ3n) is 8.82. The lowest BCUT2D eigenvalue weighted by atomic mass is 9.97. The summed E-state index contributed by atoms with van der Waals surface area (Å²) in [5.74, 6) is 0.433. The van der Waals surface area contributed by atoms with Crippen LogP contribution in [0.5, 0.6) is 0 Å². The highest BCUT2D eigenvalue weighted by molar-refractivity contribution is 7.99. The van der Waals surface area contributed by atoms with Crippen molar-refractivity contribution in [3.05, 3.63) is 132 Å². The number of para-hydroxylation sites is 2. The zero-order valence-corrected chi connectivity index (χ0v) is 29.4. The quantitative estimate of drug-likeness (QED) is 0.0721. The van der Waals surface area contributed by atoms with Crippen LogP contribution in [-0.4, -0.2) is 38.3 Å². The number of amides is 2. The van der Waals surface area contributed by atoms with Gasteiger partial charge in [0.15, 0.2) is 11.4 Å². The second-order valence-electron chi connectivity index (χ2n) is 12.5. The fraction of sp³-hybridized carbons (Fsp3) is 0.275. The summed E-state index contributed by atoms with van der Waals surface area (Å²) < 4.78 is 15.1. The molecule has 1 aliphatic heterocycles. The fourth-order valence-electron chi connectivity index (χ4n) is 5.97. The first-order chi connectivity index (χ1) is 24.9. The van der Waals surface area contributed by atoms with Crippen molar-refractivity contribution in [2.24, 2.45) is 7.05 Å². The van der Waals surface area contributed by atoms with Gasteiger partial charge in [0, 0.05) is 56.6 Å². The van der Waals surface area contributed by atoms with Crippen LogP contribution in [0.1, 0.15) is 60.3 Å². The van der Waals surface area contributed by atoms with Gasteiger partial charge in [-0.3, -0.25) is 9.59 Å². The van der Waals surface area contributed by atoms with Crippen LogP contribution >= 0.6 is 11.8 Å². The molecule has 4 aromatic carbocycles. The third-order valence-corrected chi connectivity index (χ3v) is 10.0. The van der Waals surface area contributed by atoms with E-state index in [0.717, 1.165) is 44.3 Å². The Hall–Kier alpha value is -4.94. The molecular formula is C40H43N5O5S. The number of carbonyl (C=O) groups excluding carboxylic acids is 2. The van der Waals surface area contributed by atoms with Crippen molar-refractivity contribution in [1.29, 1.82) is 0 Å². The fourth-order valence-corrected chi connectivity index (χ4v) is 6.92. The average Bonchev–Trinajstić information content (AvgIpc) is 3.58. The largest absolute Gasteiger partial charge is 0.397 e. The molecule has 5 aromatic rings. The minimum Gasteiger partial charge on any atom is -0.397 e. The molecule has 0 radical (unpaired) electrons. The van der Waals surface area contributed by atoms with Gasteiger partial charge in [-0.1, -0.05) is 96.7 Å². The van der Waals surface area contributed by atoms with Crippen molar-refractivity contribution >= 4 is 35.0 Å². The zero-order valence-electron chi connectivity index (χ0n) is 28.5. The van der Waals surface area contributed by atoms with Gasteiger partial charge in [0.05, 0.1) is 30.2 Å². The van der Waals surface area contributed by atoms with Crippen molar-refractivity contribution in [3.8, 4) is 11.1 Å². The highest BCUT2D eigenvalue weighted by Crippen LogP contribution is 2.40. The second kappa shape index (κ2) is 17.3. The predicted octanol–water partition coefficient (Wildman–Crippen LogP) is 6.92. The Kier molecular flexibility index (Phi) is 12.2. The number of thioether (sulfide) groups is 1. The molecule has 264 valence electrons. The Morgan fingerprint density at radius 1 is 0.922 bits per heavy atom. The van der Waals surface area contributed by atoms with Crippen LogP contribution in [0.25, 0.3) is 11.1 Å². The maximum atomic E-state index is 12.7. The number of imidazole rings is 1. The first-order valence-corrected chi connectivity index (χ1v) is 18.0. The number of aliphatic hydroxyl groups is 1. The monoisotopic (exact) mass is 705 g/mol. The van der Waals surface area contributed by atoms with E-state index in [2.05, 4.69) is 27.8 Å². The van der Waals surface area contributed by atoms with Crippen LogP contribution in [0.15, 0.2) is 115 Å². The molecule has 10 nitrogen and oxygen atoms in total. The summed E-state index contributed by atoms with van der Waals surface area (Å²) >= 11 is 1.66. The number of anilines is 2. The van der Waals surface area contributed by atoms with Crippen LogP contribution in [0.4, 0.5) is 11.4 Å². The van der Waals surface area contributed by atoms with E-state index in [1.807, 2.05) is 90.6 Å². The SMILES string of the molecule is Cn1ccnc1SCC1CC(c2ccc(CO)cc2)OC(c2ccc(-c3ccccc3CNC(=O)CCCC(=O)Nc3ccccc3N)cc2)O1. The highest BCUT2D eigenvalue weighted by Gasteiger charge is 2.32. The van der Waals surface area contributed by atoms with Gasteiger partial charge >= 0.3 is 0 Å². The molecule has 6 rings (SSSR count). The summed E-state index contributed by atoms with van der Waals surface area (Å²) in [4.78, 5) is 29.5. The standard InChI is InChI=1S/C40H43N5O5S/c1-45-22-21-42-40(45)51-26-32-23-36(29-15-13-27(25-46)14-16-29)50-39(49-32)30-19-17-28(18-20-30)33-8-3-2-7-31(33)24-43-37(47)11-6-12-38(48)44-35-10-5-4-9-34(35)41/h2-5,7-10,13-22,32,36,39,46H,6,11-12,23-26,41H2,1H3,(H,43,47)(H,44,48). The molecule has 0 saturated carbocycles. The average molecular weight is 706 g/mol. The van der Waals surface area contributed by atoms with E-state index < -0.39 is 6.29 Å².